The van der Waals surface area contributed by atoms with E-state index in [-0.39, 0.29) is 24.5 Å². The topological polar surface area (TPSA) is 87.7 Å². The summed E-state index contributed by atoms with van der Waals surface area (Å²) in [4.78, 5) is 37.2. The standard InChI is InChI=1S/C22H28F3N3O4/c1-2-32-21(31)28-14-11-18(12-15-28)27-20(30)4-3-13-26-19(29)10-7-16-5-8-17(9-6-16)22(23,24)25/h5-10,18H,2-4,11-15H2,1H3,(H,26,29)(H,27,30)/b10-7+. The van der Waals surface area contributed by atoms with Gasteiger partial charge in [0.05, 0.1) is 12.2 Å². The molecule has 1 aliphatic heterocycles. The van der Waals surface area contributed by atoms with Gasteiger partial charge in [0.25, 0.3) is 0 Å². The van der Waals surface area contributed by atoms with Crippen LogP contribution in [0.1, 0.15) is 43.7 Å². The summed E-state index contributed by atoms with van der Waals surface area (Å²) in [6.45, 7) is 3.45. The lowest BCUT2D eigenvalue weighted by molar-refractivity contribution is -0.137. The summed E-state index contributed by atoms with van der Waals surface area (Å²) in [6.07, 6.45) is -0.0441. The molecule has 1 heterocycles. The van der Waals surface area contributed by atoms with Crippen molar-refractivity contribution in [3.8, 4) is 0 Å². The van der Waals surface area contributed by atoms with E-state index in [2.05, 4.69) is 10.6 Å². The fourth-order valence-electron chi connectivity index (χ4n) is 3.20. The Labute approximate surface area is 185 Å². The molecule has 7 nitrogen and oxygen atoms in total. The van der Waals surface area contributed by atoms with Crippen molar-refractivity contribution < 1.29 is 32.3 Å². The molecule has 0 unspecified atom stereocenters. The fourth-order valence-corrected chi connectivity index (χ4v) is 3.20. The summed E-state index contributed by atoms with van der Waals surface area (Å²) < 4.78 is 42.6. The number of amides is 3. The zero-order chi connectivity index (χ0) is 23.6. The first-order valence-corrected chi connectivity index (χ1v) is 10.5. The zero-order valence-electron chi connectivity index (χ0n) is 17.9. The molecule has 1 aromatic carbocycles. The van der Waals surface area contributed by atoms with E-state index >= 15 is 0 Å². The van der Waals surface area contributed by atoms with Crippen molar-refractivity contribution in [1.82, 2.24) is 15.5 Å². The Hall–Kier alpha value is -3.04. The SMILES string of the molecule is CCOC(=O)N1CCC(NC(=O)CCCNC(=O)/C=C/c2ccc(C(F)(F)F)cc2)CC1. The largest absolute Gasteiger partial charge is 0.450 e. The van der Waals surface area contributed by atoms with Crippen LogP contribution in [0.25, 0.3) is 6.08 Å². The summed E-state index contributed by atoms with van der Waals surface area (Å²) in [5.74, 6) is -0.509. The average Bonchev–Trinajstić information content (AvgIpc) is 2.75. The van der Waals surface area contributed by atoms with Crippen LogP contribution in [0.5, 0.6) is 0 Å². The van der Waals surface area contributed by atoms with Crippen molar-refractivity contribution in [2.45, 2.75) is 44.8 Å². The minimum Gasteiger partial charge on any atom is -0.450 e. The third kappa shape index (κ3) is 8.60. The van der Waals surface area contributed by atoms with Crippen LogP contribution in [0.4, 0.5) is 18.0 Å². The van der Waals surface area contributed by atoms with E-state index in [9.17, 15) is 27.6 Å². The lowest BCUT2D eigenvalue weighted by atomic mass is 10.1. The molecule has 176 valence electrons. The predicted octanol–water partition coefficient (Wildman–Crippen LogP) is 3.35. The molecular formula is C22H28F3N3O4. The fraction of sp³-hybridized carbons (Fsp3) is 0.500. The molecule has 0 atom stereocenters. The monoisotopic (exact) mass is 455 g/mol. The number of rotatable bonds is 8. The third-order valence-corrected chi connectivity index (χ3v) is 4.93. The molecule has 0 spiro atoms. The second kappa shape index (κ2) is 12.1. The van der Waals surface area contributed by atoms with E-state index in [0.717, 1.165) is 12.1 Å². The maximum Gasteiger partial charge on any atom is 0.416 e. The molecule has 1 fully saturated rings. The smallest absolute Gasteiger partial charge is 0.416 e. The molecule has 32 heavy (non-hydrogen) atoms. The average molecular weight is 455 g/mol. The molecule has 0 radical (unpaired) electrons. The minimum absolute atomic E-state index is 0.00874. The maximum absolute atomic E-state index is 12.5. The Bertz CT molecular complexity index is 802. The van der Waals surface area contributed by atoms with Crippen LogP contribution in [0.2, 0.25) is 0 Å². The van der Waals surface area contributed by atoms with Gasteiger partial charge in [-0.05, 0) is 50.0 Å². The van der Waals surface area contributed by atoms with Gasteiger partial charge in [-0.2, -0.15) is 13.2 Å². The third-order valence-electron chi connectivity index (χ3n) is 4.93. The Kier molecular flexibility index (Phi) is 9.55. The summed E-state index contributed by atoms with van der Waals surface area (Å²) in [7, 11) is 0. The van der Waals surface area contributed by atoms with Crippen molar-refractivity contribution in [3.63, 3.8) is 0 Å². The van der Waals surface area contributed by atoms with Crippen LogP contribution >= 0.6 is 0 Å². The molecule has 0 aliphatic carbocycles. The number of piperidine rings is 1. The van der Waals surface area contributed by atoms with Crippen LogP contribution in [-0.2, 0) is 20.5 Å². The van der Waals surface area contributed by atoms with Gasteiger partial charge in [-0.1, -0.05) is 12.1 Å². The molecule has 3 amide bonds. The number of carbonyl (C=O) groups is 3. The molecule has 0 saturated carbocycles. The van der Waals surface area contributed by atoms with Crippen molar-refractivity contribution in [3.05, 3.63) is 41.5 Å². The number of carbonyl (C=O) groups excluding carboxylic acids is 3. The van der Waals surface area contributed by atoms with E-state index < -0.39 is 17.6 Å². The first-order valence-electron chi connectivity index (χ1n) is 10.5. The van der Waals surface area contributed by atoms with Gasteiger partial charge in [-0.3, -0.25) is 9.59 Å². The van der Waals surface area contributed by atoms with Crippen molar-refractivity contribution in [2.24, 2.45) is 0 Å². The highest BCUT2D eigenvalue weighted by atomic mass is 19.4. The van der Waals surface area contributed by atoms with Crippen LogP contribution in [-0.4, -0.2) is 55.1 Å². The first kappa shape index (κ1) is 25.2. The van der Waals surface area contributed by atoms with Gasteiger partial charge < -0.3 is 20.3 Å². The number of ether oxygens (including phenoxy) is 1. The van der Waals surface area contributed by atoms with E-state index in [4.69, 9.17) is 4.74 Å². The highest BCUT2D eigenvalue weighted by Gasteiger charge is 2.29. The van der Waals surface area contributed by atoms with Crippen LogP contribution in [0.3, 0.4) is 0 Å². The molecule has 1 aromatic rings. The summed E-state index contributed by atoms with van der Waals surface area (Å²) in [5, 5.41) is 5.57. The number of hydrogen-bond donors (Lipinski definition) is 2. The highest BCUT2D eigenvalue weighted by Crippen LogP contribution is 2.29. The number of benzene rings is 1. The molecule has 1 aliphatic rings. The summed E-state index contributed by atoms with van der Waals surface area (Å²) in [5.41, 5.74) is -0.275. The van der Waals surface area contributed by atoms with Gasteiger partial charge in [0.2, 0.25) is 11.8 Å². The lowest BCUT2D eigenvalue weighted by Crippen LogP contribution is -2.46. The molecular weight excluding hydrogens is 427 g/mol. The van der Waals surface area contributed by atoms with Gasteiger partial charge in [0, 0.05) is 38.2 Å². The second-order valence-corrected chi connectivity index (χ2v) is 7.38. The quantitative estimate of drug-likeness (QED) is 0.465. The van der Waals surface area contributed by atoms with E-state index in [1.807, 2.05) is 0 Å². The summed E-state index contributed by atoms with van der Waals surface area (Å²) in [6, 6.07) is 4.49. The Balaban J connectivity index is 1.61. The van der Waals surface area contributed by atoms with Gasteiger partial charge in [-0.25, -0.2) is 4.79 Å². The van der Waals surface area contributed by atoms with E-state index in [1.165, 1.54) is 24.3 Å². The predicted molar refractivity (Wildman–Crippen MR) is 112 cm³/mol. The van der Waals surface area contributed by atoms with Crippen LogP contribution < -0.4 is 10.6 Å². The molecule has 0 bridgehead atoms. The number of likely N-dealkylation sites (tertiary alicyclic amines) is 1. The van der Waals surface area contributed by atoms with Gasteiger partial charge in [0.1, 0.15) is 0 Å². The number of alkyl halides is 3. The highest BCUT2D eigenvalue weighted by molar-refractivity contribution is 5.91. The number of hydrogen-bond acceptors (Lipinski definition) is 4. The van der Waals surface area contributed by atoms with Crippen molar-refractivity contribution in [1.29, 1.82) is 0 Å². The number of nitrogens with one attached hydrogen (secondary N) is 2. The van der Waals surface area contributed by atoms with Gasteiger partial charge >= 0.3 is 12.3 Å². The lowest BCUT2D eigenvalue weighted by Gasteiger charge is -2.31. The normalized spacial score (nSPS) is 14.9. The van der Waals surface area contributed by atoms with E-state index in [1.54, 1.807) is 11.8 Å². The Morgan fingerprint density at radius 1 is 1.16 bits per heavy atom. The molecule has 0 aromatic heterocycles. The Morgan fingerprint density at radius 2 is 1.81 bits per heavy atom. The Morgan fingerprint density at radius 3 is 2.41 bits per heavy atom. The van der Waals surface area contributed by atoms with Crippen molar-refractivity contribution >= 4 is 24.0 Å². The second-order valence-electron chi connectivity index (χ2n) is 7.38. The van der Waals surface area contributed by atoms with Gasteiger partial charge in [0.15, 0.2) is 0 Å². The van der Waals surface area contributed by atoms with Crippen LogP contribution in [0, 0.1) is 0 Å². The number of nitrogens with zero attached hydrogens (tertiary/aromatic N) is 1. The van der Waals surface area contributed by atoms with E-state index in [0.29, 0.717) is 51.1 Å². The molecule has 10 heteroatoms. The van der Waals surface area contributed by atoms with Crippen molar-refractivity contribution in [2.75, 3.05) is 26.2 Å². The van der Waals surface area contributed by atoms with Gasteiger partial charge in [-0.15, -0.1) is 0 Å². The maximum atomic E-state index is 12.5. The molecule has 1 saturated heterocycles. The zero-order valence-corrected chi connectivity index (χ0v) is 17.9. The molecule has 2 N–H and O–H groups in total. The molecule has 2 rings (SSSR count). The minimum atomic E-state index is -4.40. The summed E-state index contributed by atoms with van der Waals surface area (Å²) >= 11 is 0. The number of halogens is 3. The first-order chi connectivity index (χ1) is 15.2. The van der Waals surface area contributed by atoms with Crippen LogP contribution in [0.15, 0.2) is 30.3 Å².